The van der Waals surface area contributed by atoms with E-state index < -0.39 is 5.38 Å². The summed E-state index contributed by atoms with van der Waals surface area (Å²) in [7, 11) is 1.83. The molecule has 0 aliphatic heterocycles. The number of halogens is 1. The van der Waals surface area contributed by atoms with E-state index in [0.29, 0.717) is 23.3 Å². The van der Waals surface area contributed by atoms with Gasteiger partial charge in [-0.25, -0.2) is 15.0 Å². The Morgan fingerprint density at radius 2 is 2.38 bits per heavy atom. The Balaban J connectivity index is 2.40. The van der Waals surface area contributed by atoms with E-state index in [0.717, 1.165) is 0 Å². The third-order valence-electron chi connectivity index (χ3n) is 2.13. The third kappa shape index (κ3) is 1.83. The van der Waals surface area contributed by atoms with E-state index in [1.807, 2.05) is 7.05 Å². The summed E-state index contributed by atoms with van der Waals surface area (Å²) >= 11 is 6.05. The van der Waals surface area contributed by atoms with Crippen LogP contribution >= 0.6 is 11.6 Å². The van der Waals surface area contributed by atoms with Gasteiger partial charge in [0.1, 0.15) is 23.8 Å². The van der Waals surface area contributed by atoms with Gasteiger partial charge in [-0.1, -0.05) is 0 Å². The van der Waals surface area contributed by atoms with Gasteiger partial charge in [-0.3, -0.25) is 4.79 Å². The van der Waals surface area contributed by atoms with Crippen molar-refractivity contribution in [1.82, 2.24) is 19.5 Å². The zero-order chi connectivity index (χ0) is 11.5. The summed E-state index contributed by atoms with van der Waals surface area (Å²) in [5.74, 6) is 0. The molecule has 2 aromatic rings. The van der Waals surface area contributed by atoms with E-state index >= 15 is 0 Å². The molecule has 2 aromatic heterocycles. The second kappa shape index (κ2) is 4.44. The summed E-state index contributed by atoms with van der Waals surface area (Å²) in [6.07, 6.45) is 3.04. The lowest BCUT2D eigenvalue weighted by molar-refractivity contribution is -0.128. The SMILES string of the molecule is Cn1cnc2c(C(Cl)COC=O)ncnc21. The van der Waals surface area contributed by atoms with Crippen LogP contribution in [0.5, 0.6) is 0 Å². The van der Waals surface area contributed by atoms with Crippen LogP contribution < -0.4 is 0 Å². The van der Waals surface area contributed by atoms with Gasteiger partial charge in [0, 0.05) is 7.05 Å². The first-order valence-corrected chi connectivity index (χ1v) is 4.99. The van der Waals surface area contributed by atoms with E-state index in [4.69, 9.17) is 11.6 Å². The van der Waals surface area contributed by atoms with E-state index in [1.54, 1.807) is 10.9 Å². The largest absolute Gasteiger partial charge is 0.466 e. The standard InChI is InChI=1S/C9H9ClN4O2/c1-14-4-13-8-7(6(10)2-16-5-15)11-3-12-9(8)14/h3-6H,2H2,1H3. The number of fused-ring (bicyclic) bond motifs is 1. The second-order valence-electron chi connectivity index (χ2n) is 3.18. The molecule has 16 heavy (non-hydrogen) atoms. The molecule has 2 heterocycles. The molecule has 0 amide bonds. The van der Waals surface area contributed by atoms with Crippen LogP contribution in [0, 0.1) is 0 Å². The van der Waals surface area contributed by atoms with Crippen LogP contribution in [0.1, 0.15) is 11.1 Å². The Morgan fingerprint density at radius 1 is 1.56 bits per heavy atom. The zero-order valence-corrected chi connectivity index (χ0v) is 9.26. The molecule has 0 aliphatic rings. The van der Waals surface area contributed by atoms with Gasteiger partial charge in [0.2, 0.25) is 0 Å². The van der Waals surface area contributed by atoms with Crippen molar-refractivity contribution in [1.29, 1.82) is 0 Å². The van der Waals surface area contributed by atoms with Crippen LogP contribution in [0.15, 0.2) is 12.7 Å². The predicted octanol–water partition coefficient (Wildman–Crippen LogP) is 0.816. The maximum atomic E-state index is 10.1. The minimum atomic E-state index is -0.523. The van der Waals surface area contributed by atoms with Crippen LogP contribution in [0.25, 0.3) is 11.2 Å². The molecule has 0 saturated heterocycles. The number of nitrogens with zero attached hydrogens (tertiary/aromatic N) is 4. The first-order chi connectivity index (χ1) is 7.74. The molecule has 0 fully saturated rings. The fraction of sp³-hybridized carbons (Fsp3) is 0.333. The molecule has 1 unspecified atom stereocenters. The highest BCUT2D eigenvalue weighted by atomic mass is 35.5. The van der Waals surface area contributed by atoms with Crippen LogP contribution in [0.4, 0.5) is 0 Å². The molecule has 1 atom stereocenters. The minimum Gasteiger partial charge on any atom is -0.466 e. The van der Waals surface area contributed by atoms with Gasteiger partial charge in [0.25, 0.3) is 6.47 Å². The van der Waals surface area contributed by atoms with Gasteiger partial charge in [-0.2, -0.15) is 0 Å². The highest BCUT2D eigenvalue weighted by molar-refractivity contribution is 6.21. The van der Waals surface area contributed by atoms with Crippen molar-refractivity contribution < 1.29 is 9.53 Å². The number of carbonyl (C=O) groups is 1. The zero-order valence-electron chi connectivity index (χ0n) is 8.50. The minimum absolute atomic E-state index is 0.0632. The van der Waals surface area contributed by atoms with Gasteiger partial charge in [-0.05, 0) is 0 Å². The Bertz CT molecular complexity index is 513. The maximum Gasteiger partial charge on any atom is 0.293 e. The van der Waals surface area contributed by atoms with Crippen LogP contribution in [-0.4, -0.2) is 32.6 Å². The molecule has 84 valence electrons. The van der Waals surface area contributed by atoms with Gasteiger partial charge in [0.15, 0.2) is 5.65 Å². The average Bonchev–Trinajstić information content (AvgIpc) is 2.68. The van der Waals surface area contributed by atoms with Gasteiger partial charge < -0.3 is 9.30 Å². The molecule has 0 N–H and O–H groups in total. The maximum absolute atomic E-state index is 10.1. The highest BCUT2D eigenvalue weighted by Crippen LogP contribution is 2.23. The van der Waals surface area contributed by atoms with Crippen LogP contribution in [0.2, 0.25) is 0 Å². The van der Waals surface area contributed by atoms with Crippen molar-refractivity contribution in [2.75, 3.05) is 6.61 Å². The Labute approximate surface area is 96.2 Å². The molecule has 0 spiro atoms. The van der Waals surface area contributed by atoms with Crippen molar-refractivity contribution in [2.24, 2.45) is 7.05 Å². The topological polar surface area (TPSA) is 69.9 Å². The average molecular weight is 241 g/mol. The monoisotopic (exact) mass is 240 g/mol. The van der Waals surface area contributed by atoms with Gasteiger partial charge >= 0.3 is 0 Å². The summed E-state index contributed by atoms with van der Waals surface area (Å²) in [4.78, 5) is 22.4. The Morgan fingerprint density at radius 3 is 3.12 bits per heavy atom. The number of alkyl halides is 1. The molecular formula is C9H9ClN4O2. The molecule has 0 radical (unpaired) electrons. The summed E-state index contributed by atoms with van der Waals surface area (Å²) in [6, 6.07) is 0. The van der Waals surface area contributed by atoms with Crippen LogP contribution in [-0.2, 0) is 16.6 Å². The van der Waals surface area contributed by atoms with Crippen molar-refractivity contribution >= 4 is 29.2 Å². The van der Waals surface area contributed by atoms with E-state index in [-0.39, 0.29) is 6.61 Å². The number of imidazole rings is 1. The number of carbonyl (C=O) groups excluding carboxylic acids is 1. The summed E-state index contributed by atoms with van der Waals surface area (Å²) < 4.78 is 6.37. The lowest BCUT2D eigenvalue weighted by Gasteiger charge is -2.07. The lowest BCUT2D eigenvalue weighted by Crippen LogP contribution is -2.05. The number of aromatic nitrogens is 4. The number of rotatable bonds is 4. The van der Waals surface area contributed by atoms with E-state index in [2.05, 4.69) is 19.7 Å². The van der Waals surface area contributed by atoms with Crippen molar-refractivity contribution in [3.63, 3.8) is 0 Å². The molecule has 7 heteroatoms. The smallest absolute Gasteiger partial charge is 0.293 e. The second-order valence-corrected chi connectivity index (χ2v) is 3.71. The fourth-order valence-electron chi connectivity index (χ4n) is 1.40. The van der Waals surface area contributed by atoms with Crippen LogP contribution in [0.3, 0.4) is 0 Å². The molecule has 6 nitrogen and oxygen atoms in total. The van der Waals surface area contributed by atoms with Crippen molar-refractivity contribution in [3.8, 4) is 0 Å². The number of hydrogen-bond acceptors (Lipinski definition) is 5. The number of ether oxygens (including phenoxy) is 1. The highest BCUT2D eigenvalue weighted by Gasteiger charge is 2.16. The molecule has 0 bridgehead atoms. The van der Waals surface area contributed by atoms with Gasteiger partial charge in [-0.15, -0.1) is 11.6 Å². The predicted molar refractivity (Wildman–Crippen MR) is 56.9 cm³/mol. The molecule has 0 aromatic carbocycles. The normalized spacial score (nSPS) is 12.6. The summed E-state index contributed by atoms with van der Waals surface area (Å²) in [5, 5.41) is -0.523. The van der Waals surface area contributed by atoms with Crippen molar-refractivity contribution in [3.05, 3.63) is 18.3 Å². The number of aryl methyl sites for hydroxylation is 1. The Kier molecular flexibility index (Phi) is 3.00. The molecule has 0 saturated carbocycles. The molecular weight excluding hydrogens is 232 g/mol. The molecule has 0 aliphatic carbocycles. The summed E-state index contributed by atoms with van der Waals surface area (Å²) in [6.45, 7) is 0.417. The molecule has 2 rings (SSSR count). The third-order valence-corrected chi connectivity index (χ3v) is 2.47. The quantitative estimate of drug-likeness (QED) is 0.584. The first-order valence-electron chi connectivity index (χ1n) is 4.55. The lowest BCUT2D eigenvalue weighted by atomic mass is 10.3. The van der Waals surface area contributed by atoms with Crippen molar-refractivity contribution in [2.45, 2.75) is 5.38 Å². The van der Waals surface area contributed by atoms with E-state index in [1.165, 1.54) is 6.33 Å². The first kappa shape index (κ1) is 10.8. The van der Waals surface area contributed by atoms with Gasteiger partial charge in [0.05, 0.1) is 12.0 Å². The summed E-state index contributed by atoms with van der Waals surface area (Å²) in [5.41, 5.74) is 1.88. The fourth-order valence-corrected chi connectivity index (χ4v) is 1.63. The number of hydrogen-bond donors (Lipinski definition) is 0. The van der Waals surface area contributed by atoms with E-state index in [9.17, 15) is 4.79 Å². The Hall–Kier alpha value is -1.69.